The summed E-state index contributed by atoms with van der Waals surface area (Å²) in [5.74, 6) is -0.0327. The first kappa shape index (κ1) is 18.0. The van der Waals surface area contributed by atoms with E-state index >= 15 is 0 Å². The highest BCUT2D eigenvalue weighted by Gasteiger charge is 2.22. The molecule has 1 fully saturated rings. The number of sulfonamides is 1. The fourth-order valence-electron chi connectivity index (χ4n) is 2.86. The molecule has 1 aliphatic carbocycles. The largest absolute Gasteiger partial charge is 0.502 e. The Morgan fingerprint density at radius 1 is 1.15 bits per heavy atom. The van der Waals surface area contributed by atoms with Crippen molar-refractivity contribution >= 4 is 21.4 Å². The van der Waals surface area contributed by atoms with E-state index in [0.717, 1.165) is 43.9 Å². The van der Waals surface area contributed by atoms with Crippen molar-refractivity contribution in [3.63, 3.8) is 0 Å². The van der Waals surface area contributed by atoms with E-state index in [1.165, 1.54) is 0 Å². The molecule has 1 aliphatic rings. The number of hydrogen-bond acceptors (Lipinski definition) is 6. The predicted octanol–water partition coefficient (Wildman–Crippen LogP) is 3.42. The van der Waals surface area contributed by atoms with Gasteiger partial charge in [0.15, 0.2) is 5.75 Å². The lowest BCUT2D eigenvalue weighted by Gasteiger charge is -2.14. The minimum atomic E-state index is -4.05. The van der Waals surface area contributed by atoms with Gasteiger partial charge in [0.2, 0.25) is 0 Å². The molecule has 0 saturated heterocycles. The molecular weight excluding hydrogens is 360 g/mol. The molecule has 2 aromatic carbocycles. The van der Waals surface area contributed by atoms with Crippen LogP contribution in [0.25, 0.3) is 0 Å². The number of nitrogens with one attached hydrogen (secondary N) is 1. The average Bonchev–Trinajstić information content (AvgIpc) is 3.07. The zero-order valence-electron chi connectivity index (χ0n) is 13.8. The van der Waals surface area contributed by atoms with Crippen molar-refractivity contribution in [1.82, 2.24) is 0 Å². The van der Waals surface area contributed by atoms with Gasteiger partial charge in [0, 0.05) is 12.1 Å². The first-order chi connectivity index (χ1) is 12.3. The van der Waals surface area contributed by atoms with Crippen molar-refractivity contribution in [3.8, 4) is 11.5 Å². The Bertz CT molecular complexity index is 923. The second kappa shape index (κ2) is 7.20. The van der Waals surface area contributed by atoms with Crippen LogP contribution in [0.5, 0.6) is 11.5 Å². The maximum atomic E-state index is 12.5. The Hall–Kier alpha value is -2.81. The molecule has 26 heavy (non-hydrogen) atoms. The van der Waals surface area contributed by atoms with Gasteiger partial charge in [0.25, 0.3) is 10.0 Å². The molecular formula is C17H18N2O6S. The number of phenolic OH excluding ortho intramolecular Hbond substituents is 1. The number of benzene rings is 2. The molecule has 138 valence electrons. The van der Waals surface area contributed by atoms with E-state index < -0.39 is 26.4 Å². The zero-order valence-corrected chi connectivity index (χ0v) is 14.6. The van der Waals surface area contributed by atoms with E-state index in [1.54, 1.807) is 24.3 Å². The summed E-state index contributed by atoms with van der Waals surface area (Å²) in [6.45, 7) is 0. The highest BCUT2D eigenvalue weighted by Crippen LogP contribution is 2.30. The van der Waals surface area contributed by atoms with Crippen LogP contribution >= 0.6 is 0 Å². The molecule has 0 aromatic heterocycles. The summed E-state index contributed by atoms with van der Waals surface area (Å²) in [7, 11) is -4.05. The molecule has 1 saturated carbocycles. The molecule has 0 aliphatic heterocycles. The lowest BCUT2D eigenvalue weighted by Crippen LogP contribution is -2.14. The normalized spacial score (nSPS) is 14.9. The fraction of sp³-hybridized carbons (Fsp3) is 0.294. The Balaban J connectivity index is 1.81. The Labute approximate surface area is 150 Å². The number of anilines is 1. The lowest BCUT2D eigenvalue weighted by atomic mass is 10.3. The maximum absolute atomic E-state index is 12.5. The first-order valence-electron chi connectivity index (χ1n) is 8.12. The molecule has 0 unspecified atom stereocenters. The summed E-state index contributed by atoms with van der Waals surface area (Å²) in [6, 6.07) is 9.45. The molecule has 0 radical (unpaired) electrons. The summed E-state index contributed by atoms with van der Waals surface area (Å²) in [5, 5.41) is 20.3. The molecule has 0 amide bonds. The second-order valence-corrected chi connectivity index (χ2v) is 7.75. The Morgan fingerprint density at radius 3 is 2.58 bits per heavy atom. The number of nitro benzene ring substituents is 1. The SMILES string of the molecule is O=[N+]([O-])c1cc(S(=O)(=O)Nc2cccc(OC3CCCC3)c2)ccc1O. The van der Waals surface area contributed by atoms with Crippen molar-refractivity contribution < 1.29 is 23.2 Å². The van der Waals surface area contributed by atoms with Gasteiger partial charge in [-0.3, -0.25) is 14.8 Å². The van der Waals surface area contributed by atoms with Gasteiger partial charge < -0.3 is 9.84 Å². The van der Waals surface area contributed by atoms with E-state index in [9.17, 15) is 23.6 Å². The van der Waals surface area contributed by atoms with E-state index in [4.69, 9.17) is 4.74 Å². The van der Waals surface area contributed by atoms with Crippen molar-refractivity contribution in [2.45, 2.75) is 36.7 Å². The number of nitro groups is 1. The number of phenols is 1. The van der Waals surface area contributed by atoms with Gasteiger partial charge in [0.05, 0.1) is 21.6 Å². The average molecular weight is 378 g/mol. The van der Waals surface area contributed by atoms with Crippen LogP contribution in [0, 0.1) is 10.1 Å². The van der Waals surface area contributed by atoms with Gasteiger partial charge in [-0.05, 0) is 49.9 Å². The molecule has 0 bridgehead atoms. The standard InChI is InChI=1S/C17H18N2O6S/c20-17-9-8-15(11-16(17)19(21)22)26(23,24)18-12-4-3-7-14(10-12)25-13-5-1-2-6-13/h3-4,7-11,13,18,20H,1-2,5-6H2. The van der Waals surface area contributed by atoms with Crippen LogP contribution in [0.3, 0.4) is 0 Å². The number of nitrogens with zero attached hydrogens (tertiary/aromatic N) is 1. The van der Waals surface area contributed by atoms with E-state index in [1.807, 2.05) is 0 Å². The summed E-state index contributed by atoms with van der Waals surface area (Å²) in [4.78, 5) is 9.72. The van der Waals surface area contributed by atoms with Gasteiger partial charge in [-0.1, -0.05) is 6.07 Å². The van der Waals surface area contributed by atoms with Crippen LogP contribution in [0.2, 0.25) is 0 Å². The third-order valence-electron chi connectivity index (χ3n) is 4.15. The fourth-order valence-corrected chi connectivity index (χ4v) is 3.93. The molecule has 3 rings (SSSR count). The van der Waals surface area contributed by atoms with Gasteiger partial charge in [-0.15, -0.1) is 0 Å². The van der Waals surface area contributed by atoms with E-state index in [0.29, 0.717) is 5.75 Å². The Kier molecular flexibility index (Phi) is 4.99. The smallest absolute Gasteiger partial charge is 0.312 e. The van der Waals surface area contributed by atoms with Crippen LogP contribution in [0.1, 0.15) is 25.7 Å². The molecule has 9 heteroatoms. The predicted molar refractivity (Wildman–Crippen MR) is 94.9 cm³/mol. The highest BCUT2D eigenvalue weighted by atomic mass is 32.2. The monoisotopic (exact) mass is 378 g/mol. The van der Waals surface area contributed by atoms with E-state index in [-0.39, 0.29) is 16.7 Å². The van der Waals surface area contributed by atoms with Crippen LogP contribution in [-0.4, -0.2) is 24.6 Å². The second-order valence-electron chi connectivity index (χ2n) is 6.07. The highest BCUT2D eigenvalue weighted by molar-refractivity contribution is 7.92. The molecule has 2 N–H and O–H groups in total. The summed E-state index contributed by atoms with van der Waals surface area (Å²) < 4.78 is 33.2. The summed E-state index contributed by atoms with van der Waals surface area (Å²) in [6.07, 6.45) is 4.34. The van der Waals surface area contributed by atoms with Gasteiger partial charge in [0.1, 0.15) is 5.75 Å². The third kappa shape index (κ3) is 4.05. The number of ether oxygens (including phenoxy) is 1. The van der Waals surface area contributed by atoms with Gasteiger partial charge in [-0.2, -0.15) is 0 Å². The van der Waals surface area contributed by atoms with Gasteiger partial charge >= 0.3 is 5.69 Å². The summed E-state index contributed by atoms with van der Waals surface area (Å²) in [5.41, 5.74) is -0.387. The number of rotatable bonds is 6. The van der Waals surface area contributed by atoms with Crippen molar-refractivity contribution in [2.24, 2.45) is 0 Å². The lowest BCUT2D eigenvalue weighted by molar-refractivity contribution is -0.386. The minimum absolute atomic E-state index is 0.140. The van der Waals surface area contributed by atoms with E-state index in [2.05, 4.69) is 4.72 Å². The zero-order chi connectivity index (χ0) is 18.7. The summed E-state index contributed by atoms with van der Waals surface area (Å²) >= 11 is 0. The quantitative estimate of drug-likeness (QED) is 0.587. The van der Waals surface area contributed by atoms with Crippen molar-refractivity contribution in [3.05, 3.63) is 52.6 Å². The van der Waals surface area contributed by atoms with Crippen molar-refractivity contribution in [1.29, 1.82) is 0 Å². The van der Waals surface area contributed by atoms with Crippen LogP contribution in [0.4, 0.5) is 11.4 Å². The molecule has 2 aromatic rings. The maximum Gasteiger partial charge on any atom is 0.312 e. The van der Waals surface area contributed by atoms with Crippen LogP contribution in [-0.2, 0) is 10.0 Å². The first-order valence-corrected chi connectivity index (χ1v) is 9.60. The van der Waals surface area contributed by atoms with Crippen molar-refractivity contribution in [2.75, 3.05) is 4.72 Å². The van der Waals surface area contributed by atoms with Gasteiger partial charge in [-0.25, -0.2) is 8.42 Å². The molecule has 0 atom stereocenters. The number of hydrogen-bond donors (Lipinski definition) is 2. The van der Waals surface area contributed by atoms with Crippen LogP contribution < -0.4 is 9.46 Å². The Morgan fingerprint density at radius 2 is 1.88 bits per heavy atom. The topological polar surface area (TPSA) is 119 Å². The molecule has 0 spiro atoms. The van der Waals surface area contributed by atoms with Crippen LogP contribution in [0.15, 0.2) is 47.4 Å². The molecule has 8 nitrogen and oxygen atoms in total. The third-order valence-corrected chi connectivity index (χ3v) is 5.52. The number of aromatic hydroxyl groups is 1. The minimum Gasteiger partial charge on any atom is -0.502 e. The molecule has 0 heterocycles.